The molecule has 0 heterocycles. The van der Waals surface area contributed by atoms with Crippen molar-refractivity contribution in [2.75, 3.05) is 0 Å². The second-order valence-electron chi connectivity index (χ2n) is 5.47. The third kappa shape index (κ3) is 4.18. The molecule has 0 atom stereocenters. The minimum Gasteiger partial charge on any atom is -0.478 e. The smallest absolute Gasteiger partial charge is 0.331 e. The zero-order valence-corrected chi connectivity index (χ0v) is 11.2. The normalized spacial score (nSPS) is 25.6. The quantitative estimate of drug-likeness (QED) is 0.743. The third-order valence-electron chi connectivity index (χ3n) is 4.39. The van der Waals surface area contributed by atoms with Gasteiger partial charge in [-0.1, -0.05) is 46.1 Å². The van der Waals surface area contributed by atoms with Crippen molar-refractivity contribution < 1.29 is 9.90 Å². The van der Waals surface area contributed by atoms with Crippen LogP contribution in [0.2, 0.25) is 0 Å². The summed E-state index contributed by atoms with van der Waals surface area (Å²) < 4.78 is 0. The van der Waals surface area contributed by atoms with Crippen molar-refractivity contribution in [1.29, 1.82) is 0 Å². The first-order valence-electron chi connectivity index (χ1n) is 7.00. The van der Waals surface area contributed by atoms with Gasteiger partial charge in [0.2, 0.25) is 0 Å². The van der Waals surface area contributed by atoms with Crippen LogP contribution in [-0.2, 0) is 4.79 Å². The largest absolute Gasteiger partial charge is 0.478 e. The summed E-state index contributed by atoms with van der Waals surface area (Å²) in [6.07, 6.45) is 9.55. The van der Waals surface area contributed by atoms with E-state index in [0.717, 1.165) is 12.8 Å². The van der Waals surface area contributed by atoms with Crippen LogP contribution in [0.15, 0.2) is 12.2 Å². The van der Waals surface area contributed by atoms with E-state index in [1.165, 1.54) is 11.8 Å². The zero-order chi connectivity index (χ0) is 12.8. The van der Waals surface area contributed by atoms with Gasteiger partial charge in [0.05, 0.1) is 0 Å². The molecule has 0 aliphatic heterocycles. The molecule has 0 amide bonds. The molecular formula is C15H26O2. The Kier molecular flexibility index (Phi) is 5.73. The fourth-order valence-electron chi connectivity index (χ4n) is 3.13. The molecule has 0 aromatic carbocycles. The van der Waals surface area contributed by atoms with Crippen LogP contribution in [0.4, 0.5) is 0 Å². The van der Waals surface area contributed by atoms with E-state index in [1.54, 1.807) is 32.1 Å². The van der Waals surface area contributed by atoms with Crippen LogP contribution in [0.3, 0.4) is 0 Å². The van der Waals surface area contributed by atoms with Crippen LogP contribution in [0.5, 0.6) is 0 Å². The highest BCUT2D eigenvalue weighted by Gasteiger charge is 2.30. The summed E-state index contributed by atoms with van der Waals surface area (Å²) in [4.78, 5) is 10.4. The van der Waals surface area contributed by atoms with E-state index in [0.29, 0.717) is 5.57 Å². The van der Waals surface area contributed by atoms with E-state index < -0.39 is 5.97 Å². The minimum absolute atomic E-state index is 0.150. The standard InChI is InChI=1S/C8H14O2.C7H12/c1-4-7(5-2)6(3)8(9)10;1-2-7-4-3-6(1)5-7/h7H,3-5H2,1-2H3,(H,9,10);6-7H,1-5H2. The van der Waals surface area contributed by atoms with Gasteiger partial charge in [0, 0.05) is 5.57 Å². The molecule has 2 fully saturated rings. The number of hydrogen-bond acceptors (Lipinski definition) is 1. The monoisotopic (exact) mass is 238 g/mol. The van der Waals surface area contributed by atoms with E-state index in [4.69, 9.17) is 5.11 Å². The van der Waals surface area contributed by atoms with Gasteiger partial charge in [-0.05, 0) is 37.0 Å². The molecule has 2 saturated carbocycles. The summed E-state index contributed by atoms with van der Waals surface area (Å²) in [5, 5.41) is 8.52. The Labute approximate surface area is 105 Å². The molecule has 17 heavy (non-hydrogen) atoms. The fraction of sp³-hybridized carbons (Fsp3) is 0.800. The Hall–Kier alpha value is -0.790. The predicted molar refractivity (Wildman–Crippen MR) is 70.9 cm³/mol. The first kappa shape index (κ1) is 14.3. The summed E-state index contributed by atoms with van der Waals surface area (Å²) >= 11 is 0. The zero-order valence-electron chi connectivity index (χ0n) is 11.2. The van der Waals surface area contributed by atoms with E-state index in [1.807, 2.05) is 13.8 Å². The lowest BCUT2D eigenvalue weighted by atomic mass is 9.95. The molecule has 98 valence electrons. The minimum atomic E-state index is -0.867. The highest BCUT2D eigenvalue weighted by molar-refractivity contribution is 5.86. The van der Waals surface area contributed by atoms with Crippen molar-refractivity contribution in [2.45, 2.75) is 58.8 Å². The molecule has 2 nitrogen and oxygen atoms in total. The summed E-state index contributed by atoms with van der Waals surface area (Å²) in [7, 11) is 0. The number of carboxylic acids is 1. The van der Waals surface area contributed by atoms with Crippen molar-refractivity contribution in [1.82, 2.24) is 0 Å². The number of carbonyl (C=O) groups is 1. The molecule has 0 saturated heterocycles. The second kappa shape index (κ2) is 6.83. The molecule has 2 bridgehead atoms. The van der Waals surface area contributed by atoms with Crippen molar-refractivity contribution >= 4 is 5.97 Å². The second-order valence-corrected chi connectivity index (χ2v) is 5.47. The lowest BCUT2D eigenvalue weighted by molar-refractivity contribution is -0.133. The molecule has 2 aliphatic rings. The summed E-state index contributed by atoms with van der Waals surface area (Å²) in [6.45, 7) is 7.45. The Bertz CT molecular complexity index is 248. The Balaban J connectivity index is 0.000000177. The maximum atomic E-state index is 10.4. The molecule has 0 unspecified atom stereocenters. The average molecular weight is 238 g/mol. The summed E-state index contributed by atoms with van der Waals surface area (Å²) in [6, 6.07) is 0. The topological polar surface area (TPSA) is 37.3 Å². The molecular weight excluding hydrogens is 212 g/mol. The maximum absolute atomic E-state index is 10.4. The van der Waals surface area contributed by atoms with Gasteiger partial charge in [0.1, 0.15) is 0 Å². The first-order valence-corrected chi connectivity index (χ1v) is 7.00. The van der Waals surface area contributed by atoms with Crippen molar-refractivity contribution in [3.63, 3.8) is 0 Å². The highest BCUT2D eigenvalue weighted by Crippen LogP contribution is 2.43. The van der Waals surface area contributed by atoms with Crippen molar-refractivity contribution in [3.05, 3.63) is 12.2 Å². The van der Waals surface area contributed by atoms with E-state index in [-0.39, 0.29) is 5.92 Å². The third-order valence-corrected chi connectivity index (χ3v) is 4.39. The number of hydrogen-bond donors (Lipinski definition) is 1. The van der Waals surface area contributed by atoms with Crippen LogP contribution in [-0.4, -0.2) is 11.1 Å². The first-order chi connectivity index (χ1) is 8.08. The Morgan fingerprint density at radius 1 is 1.18 bits per heavy atom. The average Bonchev–Trinajstić information content (AvgIpc) is 2.95. The summed E-state index contributed by atoms with van der Waals surface area (Å²) in [5.41, 5.74) is 0.338. The predicted octanol–water partition coefficient (Wildman–Crippen LogP) is 4.26. The molecule has 2 rings (SSSR count). The molecule has 0 radical (unpaired) electrons. The van der Waals surface area contributed by atoms with E-state index in [9.17, 15) is 4.79 Å². The van der Waals surface area contributed by atoms with Crippen LogP contribution >= 0.6 is 0 Å². The lowest BCUT2D eigenvalue weighted by Gasteiger charge is -2.10. The molecule has 2 aliphatic carbocycles. The summed E-state index contributed by atoms with van der Waals surface area (Å²) in [5.74, 6) is 1.63. The van der Waals surface area contributed by atoms with Crippen LogP contribution in [0.25, 0.3) is 0 Å². The van der Waals surface area contributed by atoms with Gasteiger partial charge in [-0.3, -0.25) is 0 Å². The number of fused-ring (bicyclic) bond motifs is 2. The number of aliphatic carboxylic acids is 1. The van der Waals surface area contributed by atoms with Gasteiger partial charge in [-0.25, -0.2) is 4.79 Å². The molecule has 0 aromatic rings. The lowest BCUT2D eigenvalue weighted by Crippen LogP contribution is -2.09. The fourth-order valence-corrected chi connectivity index (χ4v) is 3.13. The maximum Gasteiger partial charge on any atom is 0.331 e. The number of rotatable bonds is 4. The molecule has 1 N–H and O–H groups in total. The van der Waals surface area contributed by atoms with Gasteiger partial charge in [0.15, 0.2) is 0 Å². The van der Waals surface area contributed by atoms with Gasteiger partial charge in [-0.2, -0.15) is 0 Å². The van der Waals surface area contributed by atoms with Crippen molar-refractivity contribution in [3.8, 4) is 0 Å². The van der Waals surface area contributed by atoms with Crippen molar-refractivity contribution in [2.24, 2.45) is 17.8 Å². The van der Waals surface area contributed by atoms with Crippen LogP contribution in [0.1, 0.15) is 58.8 Å². The van der Waals surface area contributed by atoms with E-state index in [2.05, 4.69) is 6.58 Å². The highest BCUT2D eigenvalue weighted by atomic mass is 16.4. The van der Waals surface area contributed by atoms with Crippen LogP contribution < -0.4 is 0 Å². The van der Waals surface area contributed by atoms with Gasteiger partial charge >= 0.3 is 5.97 Å². The Morgan fingerprint density at radius 3 is 1.71 bits per heavy atom. The van der Waals surface area contributed by atoms with Gasteiger partial charge < -0.3 is 5.11 Å². The van der Waals surface area contributed by atoms with Gasteiger partial charge in [0.25, 0.3) is 0 Å². The number of carboxylic acid groups (broad SMARTS) is 1. The molecule has 0 aromatic heterocycles. The van der Waals surface area contributed by atoms with Gasteiger partial charge in [-0.15, -0.1) is 0 Å². The Morgan fingerprint density at radius 2 is 1.59 bits per heavy atom. The van der Waals surface area contributed by atoms with Crippen LogP contribution in [0, 0.1) is 17.8 Å². The molecule has 0 spiro atoms. The molecule has 2 heteroatoms. The van der Waals surface area contributed by atoms with E-state index >= 15 is 0 Å². The SMILES string of the molecule is C1CC2CCC1C2.C=C(C(=O)O)C(CC)CC.